The molecule has 136 valence electrons. The third-order valence-electron chi connectivity index (χ3n) is 4.46. The summed E-state index contributed by atoms with van der Waals surface area (Å²) in [6, 6.07) is 22.7. The molecule has 0 saturated heterocycles. The second-order valence-electron chi connectivity index (χ2n) is 6.31. The van der Waals surface area contributed by atoms with Crippen molar-refractivity contribution in [1.82, 2.24) is 9.55 Å². The van der Waals surface area contributed by atoms with Crippen LogP contribution in [-0.2, 0) is 19.4 Å². The van der Waals surface area contributed by atoms with Gasteiger partial charge in [-0.15, -0.1) is 11.3 Å². The van der Waals surface area contributed by atoms with Crippen molar-refractivity contribution in [3.63, 3.8) is 0 Å². The van der Waals surface area contributed by atoms with Gasteiger partial charge in [-0.1, -0.05) is 72.4 Å². The summed E-state index contributed by atoms with van der Waals surface area (Å²) in [4.78, 5) is 17.8. The van der Waals surface area contributed by atoms with Crippen LogP contribution in [0.4, 0.5) is 0 Å². The summed E-state index contributed by atoms with van der Waals surface area (Å²) in [6.07, 6.45) is 1.79. The molecule has 0 amide bonds. The molecule has 0 spiro atoms. The first-order valence-electron chi connectivity index (χ1n) is 9.00. The maximum atomic E-state index is 13.0. The average Bonchev–Trinajstić information content (AvgIpc) is 3.18. The topological polar surface area (TPSA) is 34.9 Å². The lowest BCUT2D eigenvalue weighted by atomic mass is 10.1. The lowest BCUT2D eigenvalue weighted by Gasteiger charge is -2.12. The summed E-state index contributed by atoms with van der Waals surface area (Å²) in [5.41, 5.74) is 3.42. The second-order valence-corrected chi connectivity index (χ2v) is 8.28. The van der Waals surface area contributed by atoms with Gasteiger partial charge in [0.1, 0.15) is 4.70 Å². The largest absolute Gasteiger partial charge is 0.286 e. The molecule has 0 N–H and O–H groups in total. The van der Waals surface area contributed by atoms with Crippen molar-refractivity contribution in [3.8, 4) is 0 Å². The van der Waals surface area contributed by atoms with Crippen LogP contribution in [0.3, 0.4) is 0 Å². The van der Waals surface area contributed by atoms with Gasteiger partial charge in [0.15, 0.2) is 5.16 Å². The molecule has 0 fully saturated rings. The van der Waals surface area contributed by atoms with Crippen molar-refractivity contribution in [2.75, 3.05) is 5.75 Å². The van der Waals surface area contributed by atoms with E-state index in [9.17, 15) is 4.79 Å². The van der Waals surface area contributed by atoms with Crippen LogP contribution in [-0.4, -0.2) is 15.3 Å². The van der Waals surface area contributed by atoms with E-state index in [2.05, 4.69) is 36.4 Å². The molecule has 4 rings (SSSR count). The first kappa shape index (κ1) is 18.0. The molecule has 0 radical (unpaired) electrons. The Hall–Kier alpha value is -2.37. The summed E-state index contributed by atoms with van der Waals surface area (Å²) in [5.74, 6) is 0.900. The number of hydrogen-bond acceptors (Lipinski definition) is 4. The van der Waals surface area contributed by atoms with E-state index in [1.807, 2.05) is 40.3 Å². The fourth-order valence-corrected chi connectivity index (χ4v) is 4.81. The molecule has 2 aromatic carbocycles. The molecule has 0 atom stereocenters. The zero-order chi connectivity index (χ0) is 18.5. The SMILES string of the molecule is O=c1c2sccc2nc(SCCc2ccccc2)n1CCc1ccccc1. The smallest absolute Gasteiger partial charge is 0.272 e. The molecule has 0 saturated carbocycles. The Labute approximate surface area is 166 Å². The molecule has 0 aliphatic carbocycles. The fourth-order valence-electron chi connectivity index (χ4n) is 3.02. The highest BCUT2D eigenvalue weighted by molar-refractivity contribution is 7.99. The monoisotopic (exact) mass is 392 g/mol. The van der Waals surface area contributed by atoms with E-state index in [1.165, 1.54) is 22.5 Å². The third kappa shape index (κ3) is 4.31. The van der Waals surface area contributed by atoms with Crippen molar-refractivity contribution >= 4 is 33.3 Å². The van der Waals surface area contributed by atoms with Crippen molar-refractivity contribution in [3.05, 3.63) is 93.6 Å². The van der Waals surface area contributed by atoms with Crippen LogP contribution in [0.15, 0.2) is 82.1 Å². The summed E-state index contributed by atoms with van der Waals surface area (Å²) in [7, 11) is 0. The maximum Gasteiger partial charge on any atom is 0.272 e. The molecule has 27 heavy (non-hydrogen) atoms. The van der Waals surface area contributed by atoms with Gasteiger partial charge in [-0.3, -0.25) is 9.36 Å². The van der Waals surface area contributed by atoms with Gasteiger partial charge < -0.3 is 0 Å². The first-order chi connectivity index (χ1) is 13.3. The van der Waals surface area contributed by atoms with Crippen molar-refractivity contribution in [1.29, 1.82) is 0 Å². The molecular formula is C22H20N2OS2. The fraction of sp³-hybridized carbons (Fsp3) is 0.182. The number of aryl methyl sites for hydroxylation is 2. The lowest BCUT2D eigenvalue weighted by molar-refractivity contribution is 0.596. The number of benzene rings is 2. The van der Waals surface area contributed by atoms with Crippen LogP contribution >= 0.6 is 23.1 Å². The van der Waals surface area contributed by atoms with Crippen molar-refractivity contribution in [2.45, 2.75) is 24.5 Å². The van der Waals surface area contributed by atoms with Gasteiger partial charge in [0.05, 0.1) is 5.52 Å². The number of nitrogens with zero attached hydrogens (tertiary/aromatic N) is 2. The molecule has 2 aromatic heterocycles. The second kappa shape index (κ2) is 8.55. The number of fused-ring (bicyclic) bond motifs is 1. The van der Waals surface area contributed by atoms with Gasteiger partial charge in [0.2, 0.25) is 0 Å². The number of aromatic nitrogens is 2. The van der Waals surface area contributed by atoms with E-state index in [4.69, 9.17) is 4.98 Å². The Morgan fingerprint density at radius 2 is 1.56 bits per heavy atom. The van der Waals surface area contributed by atoms with Crippen LogP contribution in [0.1, 0.15) is 11.1 Å². The zero-order valence-corrected chi connectivity index (χ0v) is 16.5. The minimum absolute atomic E-state index is 0.0770. The van der Waals surface area contributed by atoms with Crippen LogP contribution in [0.5, 0.6) is 0 Å². The number of rotatable bonds is 7. The maximum absolute atomic E-state index is 13.0. The molecule has 0 unspecified atom stereocenters. The minimum atomic E-state index is 0.0770. The summed E-state index contributed by atoms with van der Waals surface area (Å²) in [6.45, 7) is 0.650. The Balaban J connectivity index is 1.56. The van der Waals surface area contributed by atoms with E-state index in [-0.39, 0.29) is 5.56 Å². The minimum Gasteiger partial charge on any atom is -0.286 e. The standard InChI is InChI=1S/C22H20N2OS2/c25-21-20-19(13-16-26-20)23-22(27-15-12-18-9-5-2-6-10-18)24(21)14-11-17-7-3-1-4-8-17/h1-10,13,16H,11-12,14-15H2. The van der Waals surface area contributed by atoms with E-state index in [0.29, 0.717) is 6.54 Å². The molecule has 2 heterocycles. The highest BCUT2D eigenvalue weighted by Gasteiger charge is 2.12. The van der Waals surface area contributed by atoms with Crippen LogP contribution < -0.4 is 5.56 Å². The zero-order valence-electron chi connectivity index (χ0n) is 14.9. The first-order valence-corrected chi connectivity index (χ1v) is 10.9. The Kier molecular flexibility index (Phi) is 5.70. The van der Waals surface area contributed by atoms with Gasteiger partial charge in [-0.25, -0.2) is 4.98 Å². The summed E-state index contributed by atoms with van der Waals surface area (Å²) >= 11 is 3.14. The molecule has 3 nitrogen and oxygen atoms in total. The predicted molar refractivity (Wildman–Crippen MR) is 115 cm³/mol. The molecule has 0 aliphatic rings. The van der Waals surface area contributed by atoms with Crippen LogP contribution in [0.25, 0.3) is 10.2 Å². The Morgan fingerprint density at radius 3 is 2.26 bits per heavy atom. The van der Waals surface area contributed by atoms with E-state index in [0.717, 1.165) is 34.0 Å². The Bertz CT molecular complexity index is 1070. The van der Waals surface area contributed by atoms with Gasteiger partial charge >= 0.3 is 0 Å². The average molecular weight is 393 g/mol. The molecule has 0 bridgehead atoms. The summed E-state index contributed by atoms with van der Waals surface area (Å²) in [5, 5.41) is 2.76. The van der Waals surface area contributed by atoms with E-state index < -0.39 is 0 Å². The predicted octanol–water partition coefficient (Wildman–Crippen LogP) is 5.04. The normalized spacial score (nSPS) is 11.1. The highest BCUT2D eigenvalue weighted by Crippen LogP contribution is 2.22. The Morgan fingerprint density at radius 1 is 0.889 bits per heavy atom. The van der Waals surface area contributed by atoms with Gasteiger partial charge in [-0.2, -0.15) is 0 Å². The van der Waals surface area contributed by atoms with Gasteiger partial charge in [0, 0.05) is 12.3 Å². The molecular weight excluding hydrogens is 372 g/mol. The number of thioether (sulfide) groups is 1. The van der Waals surface area contributed by atoms with Crippen LogP contribution in [0.2, 0.25) is 0 Å². The number of hydrogen-bond donors (Lipinski definition) is 0. The number of thiophene rings is 1. The summed E-state index contributed by atoms with van der Waals surface area (Å²) < 4.78 is 2.59. The lowest BCUT2D eigenvalue weighted by Crippen LogP contribution is -2.23. The van der Waals surface area contributed by atoms with E-state index in [1.54, 1.807) is 11.8 Å². The van der Waals surface area contributed by atoms with Crippen LogP contribution in [0, 0.1) is 0 Å². The molecule has 5 heteroatoms. The highest BCUT2D eigenvalue weighted by atomic mass is 32.2. The van der Waals surface area contributed by atoms with Crippen molar-refractivity contribution < 1.29 is 0 Å². The molecule has 4 aromatic rings. The van der Waals surface area contributed by atoms with Crippen molar-refractivity contribution in [2.24, 2.45) is 0 Å². The third-order valence-corrected chi connectivity index (χ3v) is 6.33. The van der Waals surface area contributed by atoms with Gasteiger partial charge in [-0.05, 0) is 35.4 Å². The quantitative estimate of drug-likeness (QED) is 0.327. The molecule has 0 aliphatic heterocycles. The van der Waals surface area contributed by atoms with E-state index >= 15 is 0 Å². The van der Waals surface area contributed by atoms with Gasteiger partial charge in [0.25, 0.3) is 5.56 Å².